The van der Waals surface area contributed by atoms with E-state index in [0.717, 1.165) is 0 Å². The lowest BCUT2D eigenvalue weighted by Gasteiger charge is -2.18. The molecule has 0 saturated carbocycles. The Balaban J connectivity index is 2.42. The number of hydrazone groups is 1. The van der Waals surface area contributed by atoms with Crippen molar-refractivity contribution in [3.8, 4) is 0 Å². The van der Waals surface area contributed by atoms with Gasteiger partial charge >= 0.3 is 0 Å². The molecule has 0 spiro atoms. The summed E-state index contributed by atoms with van der Waals surface area (Å²) in [6.07, 6.45) is 1.55. The van der Waals surface area contributed by atoms with Crippen LogP contribution in [0.5, 0.6) is 0 Å². The predicted molar refractivity (Wildman–Crippen MR) is 47.9 cm³/mol. The number of nitrogens with one attached hydrogen (secondary N) is 1. The van der Waals surface area contributed by atoms with Gasteiger partial charge in [-0.05, 0) is 12.2 Å². The van der Waals surface area contributed by atoms with Crippen molar-refractivity contribution in [1.29, 1.82) is 0 Å². The fourth-order valence-electron chi connectivity index (χ4n) is 1.14. The van der Waals surface area contributed by atoms with E-state index in [9.17, 15) is 4.79 Å². The van der Waals surface area contributed by atoms with Gasteiger partial charge < -0.3 is 5.32 Å². The molecule has 0 aromatic heterocycles. The van der Waals surface area contributed by atoms with Crippen molar-refractivity contribution in [2.75, 3.05) is 7.05 Å². The summed E-state index contributed by atoms with van der Waals surface area (Å²) in [5.74, 6) is 0.0866. The molecule has 0 aromatic rings. The minimum absolute atomic E-state index is 0.155. The molecule has 1 unspecified atom stereocenters. The van der Waals surface area contributed by atoms with E-state index >= 15 is 0 Å². The summed E-state index contributed by atoms with van der Waals surface area (Å²) in [6, 6.07) is 0. The van der Waals surface area contributed by atoms with Crippen molar-refractivity contribution in [2.24, 2.45) is 16.0 Å². The van der Waals surface area contributed by atoms with Gasteiger partial charge in [0.15, 0.2) is 0 Å². The van der Waals surface area contributed by atoms with Crippen LogP contribution in [-0.2, 0) is 4.79 Å². The van der Waals surface area contributed by atoms with Gasteiger partial charge in [0.1, 0.15) is 11.8 Å². The number of rotatable bonds is 0. The van der Waals surface area contributed by atoms with Gasteiger partial charge in [-0.25, -0.2) is 4.99 Å². The van der Waals surface area contributed by atoms with Crippen LogP contribution >= 0.6 is 12.2 Å². The minimum Gasteiger partial charge on any atom is -0.300 e. The van der Waals surface area contributed by atoms with Crippen LogP contribution < -0.4 is 5.32 Å². The number of carbonyl (C=O) groups excluding carboxylic acids is 1. The molecule has 1 amide bonds. The van der Waals surface area contributed by atoms with Gasteiger partial charge in [-0.3, -0.25) is 9.80 Å². The summed E-state index contributed by atoms with van der Waals surface area (Å²) in [7, 11) is 1.73. The number of aliphatic imine (C=N–C) groups is 1. The number of amidine groups is 1. The van der Waals surface area contributed by atoms with E-state index in [2.05, 4.69) is 15.4 Å². The monoisotopic (exact) mass is 182 g/mol. The summed E-state index contributed by atoms with van der Waals surface area (Å²) in [5.41, 5.74) is 0. The number of hydrogen-bond acceptors (Lipinski definition) is 4. The summed E-state index contributed by atoms with van der Waals surface area (Å²) < 4.78 is 0. The van der Waals surface area contributed by atoms with Gasteiger partial charge in [0.2, 0.25) is 11.0 Å². The zero-order valence-electron chi connectivity index (χ0n) is 6.31. The highest BCUT2D eigenvalue weighted by atomic mass is 32.1. The molecule has 12 heavy (non-hydrogen) atoms. The first kappa shape index (κ1) is 7.35. The Morgan fingerprint density at radius 2 is 2.50 bits per heavy atom. The third kappa shape index (κ3) is 0.918. The molecule has 5 nitrogen and oxygen atoms in total. The van der Waals surface area contributed by atoms with Crippen LogP contribution in [0.3, 0.4) is 0 Å². The maximum absolute atomic E-state index is 11.2. The number of thiocarbonyl (C=S) groups is 1. The zero-order valence-corrected chi connectivity index (χ0v) is 7.13. The molecule has 0 saturated heterocycles. The maximum atomic E-state index is 11.2. The molecule has 2 rings (SSSR count). The first-order chi connectivity index (χ1) is 5.68. The van der Waals surface area contributed by atoms with E-state index in [1.54, 1.807) is 18.3 Å². The molecule has 0 radical (unpaired) electrons. The molecule has 1 N–H and O–H groups in total. The molecular formula is C6H6N4OS. The first-order valence-corrected chi connectivity index (χ1v) is 3.80. The van der Waals surface area contributed by atoms with Crippen LogP contribution in [0.25, 0.3) is 0 Å². The minimum atomic E-state index is -0.360. The number of fused-ring (bicyclic) bond motifs is 1. The van der Waals surface area contributed by atoms with Crippen LogP contribution in [-0.4, -0.2) is 35.1 Å². The third-order valence-corrected chi connectivity index (χ3v) is 1.92. The van der Waals surface area contributed by atoms with E-state index in [1.165, 1.54) is 0 Å². The normalized spacial score (nSPS) is 26.9. The van der Waals surface area contributed by atoms with Gasteiger partial charge in [0.05, 0.1) is 0 Å². The van der Waals surface area contributed by atoms with Gasteiger partial charge in [0, 0.05) is 13.3 Å². The smallest absolute Gasteiger partial charge is 0.242 e. The van der Waals surface area contributed by atoms with Crippen molar-refractivity contribution < 1.29 is 4.79 Å². The number of carbonyl (C=O) groups is 1. The number of amides is 1. The fraction of sp³-hybridized carbons (Fsp3) is 0.333. The van der Waals surface area contributed by atoms with Crippen LogP contribution in [0.1, 0.15) is 0 Å². The summed E-state index contributed by atoms with van der Waals surface area (Å²) >= 11 is 4.76. The Morgan fingerprint density at radius 1 is 1.75 bits per heavy atom. The van der Waals surface area contributed by atoms with E-state index in [1.807, 2.05) is 0 Å². The highest BCUT2D eigenvalue weighted by molar-refractivity contribution is 7.80. The van der Waals surface area contributed by atoms with Crippen LogP contribution in [0, 0.1) is 5.92 Å². The second-order valence-corrected chi connectivity index (χ2v) is 2.92. The lowest BCUT2D eigenvalue weighted by molar-refractivity contribution is -0.120. The van der Waals surface area contributed by atoms with Gasteiger partial charge in [-0.2, -0.15) is 5.10 Å². The van der Waals surface area contributed by atoms with Crippen molar-refractivity contribution in [3.63, 3.8) is 0 Å². The second kappa shape index (κ2) is 2.34. The summed E-state index contributed by atoms with van der Waals surface area (Å²) in [6.45, 7) is 0. The summed E-state index contributed by atoms with van der Waals surface area (Å²) in [5, 5.41) is 8.14. The van der Waals surface area contributed by atoms with Gasteiger partial charge in [-0.1, -0.05) is 0 Å². The van der Waals surface area contributed by atoms with Crippen LogP contribution in [0.15, 0.2) is 10.1 Å². The van der Waals surface area contributed by atoms with Crippen LogP contribution in [0.4, 0.5) is 0 Å². The molecule has 0 bridgehead atoms. The zero-order chi connectivity index (χ0) is 8.72. The maximum Gasteiger partial charge on any atom is 0.242 e. The molecule has 0 aliphatic carbocycles. The SMILES string of the molecule is CN1N=CC2C(=O)NC(=S)N=C21. The molecule has 0 fully saturated rings. The Kier molecular flexibility index (Phi) is 1.44. The molecule has 62 valence electrons. The lowest BCUT2D eigenvalue weighted by atomic mass is 10.1. The Labute approximate surface area is 74.1 Å². The van der Waals surface area contributed by atoms with E-state index in [4.69, 9.17) is 12.2 Å². The van der Waals surface area contributed by atoms with E-state index < -0.39 is 0 Å². The Bertz CT molecular complexity index is 322. The van der Waals surface area contributed by atoms with Gasteiger partial charge in [-0.15, -0.1) is 0 Å². The van der Waals surface area contributed by atoms with E-state index in [-0.39, 0.29) is 16.9 Å². The molecule has 2 aliphatic rings. The third-order valence-electron chi connectivity index (χ3n) is 1.73. The average Bonchev–Trinajstić information content (AvgIpc) is 2.33. The first-order valence-electron chi connectivity index (χ1n) is 3.40. The van der Waals surface area contributed by atoms with Gasteiger partial charge in [0.25, 0.3) is 0 Å². The number of nitrogens with zero attached hydrogens (tertiary/aromatic N) is 3. The summed E-state index contributed by atoms with van der Waals surface area (Å²) in [4.78, 5) is 15.2. The highest BCUT2D eigenvalue weighted by Gasteiger charge is 2.34. The Morgan fingerprint density at radius 3 is 3.25 bits per heavy atom. The topological polar surface area (TPSA) is 57.1 Å². The fourth-order valence-corrected chi connectivity index (χ4v) is 1.33. The van der Waals surface area contributed by atoms with Crippen molar-refractivity contribution in [3.05, 3.63) is 0 Å². The molecule has 2 heterocycles. The molecular weight excluding hydrogens is 176 g/mol. The lowest BCUT2D eigenvalue weighted by Crippen LogP contribution is -2.44. The molecule has 0 aromatic carbocycles. The Hall–Kier alpha value is -1.30. The molecule has 6 heteroatoms. The average molecular weight is 182 g/mol. The quantitative estimate of drug-likeness (QED) is 0.506. The standard InChI is InChI=1S/C6H6N4OS/c1-10-4-3(2-7-10)5(11)9-6(12)8-4/h2-3H,1H3,(H,9,11,12). The van der Waals surface area contributed by atoms with Crippen molar-refractivity contribution in [1.82, 2.24) is 10.3 Å². The largest absolute Gasteiger partial charge is 0.300 e. The predicted octanol–water partition coefficient (Wildman–Crippen LogP) is -0.653. The highest BCUT2D eigenvalue weighted by Crippen LogP contribution is 2.13. The second-order valence-electron chi connectivity index (χ2n) is 2.53. The molecule has 2 aliphatic heterocycles. The number of hydrogen-bond donors (Lipinski definition) is 1. The van der Waals surface area contributed by atoms with Crippen molar-refractivity contribution in [2.45, 2.75) is 0 Å². The van der Waals surface area contributed by atoms with E-state index in [0.29, 0.717) is 5.84 Å². The molecule has 1 atom stereocenters. The van der Waals surface area contributed by atoms with Crippen LogP contribution in [0.2, 0.25) is 0 Å². The van der Waals surface area contributed by atoms with Crippen molar-refractivity contribution >= 4 is 35.3 Å².